The minimum Gasteiger partial charge on any atom is -0.355 e. The van der Waals surface area contributed by atoms with Crippen LogP contribution in [0.1, 0.15) is 12.1 Å². The van der Waals surface area contributed by atoms with Crippen molar-refractivity contribution in [2.24, 2.45) is 5.92 Å². The summed E-state index contributed by atoms with van der Waals surface area (Å²) in [6.45, 7) is 0.697. The highest BCUT2D eigenvalue weighted by Gasteiger charge is 2.22. The molecule has 2 N–H and O–H groups in total. The van der Waals surface area contributed by atoms with Crippen LogP contribution in [-0.2, 0) is 11.2 Å². The number of nitrogens with one attached hydrogen (secondary N) is 2. The Labute approximate surface area is 93.2 Å². The first kappa shape index (κ1) is 10.5. The normalized spacial score (nSPS) is 20.4. The standard InChI is InChI=1S/C10H15N3OS/c14-10(8-2-4-15-6-8)12-3-1-9-5-11-7-13-9/h5,7-8H,1-4,6H2,(H,11,13)(H,12,14). The van der Waals surface area contributed by atoms with E-state index in [9.17, 15) is 4.79 Å². The molecule has 4 nitrogen and oxygen atoms in total. The highest BCUT2D eigenvalue weighted by atomic mass is 32.2. The van der Waals surface area contributed by atoms with E-state index in [0.29, 0.717) is 6.54 Å². The molecule has 1 aromatic rings. The maximum atomic E-state index is 11.6. The number of carbonyl (C=O) groups excluding carboxylic acids is 1. The lowest BCUT2D eigenvalue weighted by Crippen LogP contribution is -2.32. The van der Waals surface area contributed by atoms with Crippen LogP contribution in [0.3, 0.4) is 0 Å². The summed E-state index contributed by atoms with van der Waals surface area (Å²) in [5.41, 5.74) is 1.07. The number of rotatable bonds is 4. The van der Waals surface area contributed by atoms with Crippen molar-refractivity contribution in [2.45, 2.75) is 12.8 Å². The van der Waals surface area contributed by atoms with Gasteiger partial charge in [0.25, 0.3) is 0 Å². The smallest absolute Gasteiger partial charge is 0.223 e. The van der Waals surface area contributed by atoms with E-state index in [2.05, 4.69) is 15.3 Å². The van der Waals surface area contributed by atoms with E-state index in [1.165, 1.54) is 0 Å². The summed E-state index contributed by atoms with van der Waals surface area (Å²) in [7, 11) is 0. The SMILES string of the molecule is O=C(NCCc1cnc[nH]1)C1CCSC1. The van der Waals surface area contributed by atoms with E-state index in [4.69, 9.17) is 0 Å². The molecule has 82 valence electrons. The molecule has 1 atom stereocenters. The second-order valence-electron chi connectivity index (χ2n) is 3.68. The summed E-state index contributed by atoms with van der Waals surface area (Å²) in [5, 5.41) is 2.96. The van der Waals surface area contributed by atoms with Gasteiger partial charge in [0.05, 0.1) is 6.33 Å². The predicted octanol–water partition coefficient (Wildman–Crippen LogP) is 0.821. The number of thioether (sulfide) groups is 1. The average molecular weight is 225 g/mol. The number of aromatic nitrogens is 2. The molecule has 1 aliphatic rings. The molecule has 5 heteroatoms. The Morgan fingerprint density at radius 1 is 1.73 bits per heavy atom. The maximum absolute atomic E-state index is 11.6. The molecule has 0 aromatic carbocycles. The first-order valence-electron chi connectivity index (χ1n) is 5.19. The number of amides is 1. The first-order valence-corrected chi connectivity index (χ1v) is 6.34. The average Bonchev–Trinajstić information content (AvgIpc) is 2.90. The van der Waals surface area contributed by atoms with Crippen molar-refractivity contribution in [3.63, 3.8) is 0 Å². The lowest BCUT2D eigenvalue weighted by Gasteiger charge is -2.08. The Morgan fingerprint density at radius 2 is 2.67 bits per heavy atom. The van der Waals surface area contributed by atoms with Gasteiger partial charge in [-0.05, 0) is 12.2 Å². The predicted molar refractivity (Wildman–Crippen MR) is 60.7 cm³/mol. The molecule has 0 spiro atoms. The third-order valence-corrected chi connectivity index (χ3v) is 3.71. The van der Waals surface area contributed by atoms with E-state index in [1.54, 1.807) is 12.5 Å². The highest BCUT2D eigenvalue weighted by molar-refractivity contribution is 7.99. The summed E-state index contributed by atoms with van der Waals surface area (Å²) in [4.78, 5) is 18.6. The lowest BCUT2D eigenvalue weighted by molar-refractivity contribution is -0.124. The second kappa shape index (κ2) is 5.21. The maximum Gasteiger partial charge on any atom is 0.223 e. The second-order valence-corrected chi connectivity index (χ2v) is 4.83. The molecule has 0 saturated carbocycles. The van der Waals surface area contributed by atoms with Gasteiger partial charge in [-0.1, -0.05) is 0 Å². The quantitative estimate of drug-likeness (QED) is 0.797. The van der Waals surface area contributed by atoms with Crippen molar-refractivity contribution in [3.8, 4) is 0 Å². The van der Waals surface area contributed by atoms with Crippen molar-refractivity contribution in [3.05, 3.63) is 18.2 Å². The molecule has 15 heavy (non-hydrogen) atoms. The van der Waals surface area contributed by atoms with Crippen molar-refractivity contribution in [2.75, 3.05) is 18.1 Å². The van der Waals surface area contributed by atoms with Crippen LogP contribution in [0.15, 0.2) is 12.5 Å². The Morgan fingerprint density at radius 3 is 3.33 bits per heavy atom. The van der Waals surface area contributed by atoms with Crippen LogP contribution >= 0.6 is 11.8 Å². The van der Waals surface area contributed by atoms with Crippen LogP contribution in [0.4, 0.5) is 0 Å². The summed E-state index contributed by atoms with van der Waals surface area (Å²) >= 11 is 1.86. The molecule has 2 rings (SSSR count). The molecular weight excluding hydrogens is 210 g/mol. The van der Waals surface area contributed by atoms with Gasteiger partial charge in [-0.25, -0.2) is 4.98 Å². The topological polar surface area (TPSA) is 57.8 Å². The number of nitrogens with zero attached hydrogens (tertiary/aromatic N) is 1. The Hall–Kier alpha value is -0.970. The van der Waals surface area contributed by atoms with Gasteiger partial charge in [-0.15, -0.1) is 0 Å². The number of hydrogen-bond donors (Lipinski definition) is 2. The number of imidazole rings is 1. The monoisotopic (exact) mass is 225 g/mol. The minimum absolute atomic E-state index is 0.208. The number of aromatic amines is 1. The molecule has 1 amide bonds. The molecular formula is C10H15N3OS. The van der Waals surface area contributed by atoms with Gasteiger partial charge < -0.3 is 10.3 Å². The van der Waals surface area contributed by atoms with Crippen LogP contribution in [0, 0.1) is 5.92 Å². The van der Waals surface area contributed by atoms with Gasteiger partial charge in [0.2, 0.25) is 5.91 Å². The van der Waals surface area contributed by atoms with Gasteiger partial charge in [-0.2, -0.15) is 11.8 Å². The van der Waals surface area contributed by atoms with Gasteiger partial charge in [0.1, 0.15) is 0 Å². The fourth-order valence-electron chi connectivity index (χ4n) is 1.63. The molecule has 0 bridgehead atoms. The molecule has 1 fully saturated rings. The van der Waals surface area contributed by atoms with Crippen LogP contribution in [0.2, 0.25) is 0 Å². The van der Waals surface area contributed by atoms with Crippen LogP contribution in [0.5, 0.6) is 0 Å². The van der Waals surface area contributed by atoms with Crippen molar-refractivity contribution >= 4 is 17.7 Å². The number of carbonyl (C=O) groups is 1. The fourth-order valence-corrected chi connectivity index (χ4v) is 2.85. The Bertz CT molecular complexity index is 306. The van der Waals surface area contributed by atoms with Gasteiger partial charge in [-0.3, -0.25) is 4.79 Å². The summed E-state index contributed by atoms with van der Waals surface area (Å²) in [6, 6.07) is 0. The molecule has 1 aliphatic heterocycles. The zero-order valence-corrected chi connectivity index (χ0v) is 9.35. The molecule has 0 aliphatic carbocycles. The zero-order valence-electron chi connectivity index (χ0n) is 8.53. The Kier molecular flexibility index (Phi) is 3.66. The van der Waals surface area contributed by atoms with Crippen LogP contribution < -0.4 is 5.32 Å². The zero-order chi connectivity index (χ0) is 10.5. The Balaban J connectivity index is 1.67. The van der Waals surface area contributed by atoms with Crippen LogP contribution in [0.25, 0.3) is 0 Å². The summed E-state index contributed by atoms with van der Waals surface area (Å²) in [6.07, 6.45) is 5.30. The van der Waals surface area contributed by atoms with E-state index >= 15 is 0 Å². The molecule has 2 heterocycles. The highest BCUT2D eigenvalue weighted by Crippen LogP contribution is 2.23. The third kappa shape index (κ3) is 2.99. The lowest BCUT2D eigenvalue weighted by atomic mass is 10.1. The van der Waals surface area contributed by atoms with Gasteiger partial charge in [0.15, 0.2) is 0 Å². The molecule has 1 aromatic heterocycles. The van der Waals surface area contributed by atoms with Gasteiger partial charge >= 0.3 is 0 Å². The van der Waals surface area contributed by atoms with E-state index in [0.717, 1.165) is 30.0 Å². The summed E-state index contributed by atoms with van der Waals surface area (Å²) in [5.74, 6) is 2.55. The first-order chi connectivity index (χ1) is 7.36. The molecule has 0 radical (unpaired) electrons. The van der Waals surface area contributed by atoms with E-state index in [1.807, 2.05) is 11.8 Å². The van der Waals surface area contributed by atoms with Crippen molar-refractivity contribution in [1.29, 1.82) is 0 Å². The minimum atomic E-state index is 0.208. The van der Waals surface area contributed by atoms with E-state index < -0.39 is 0 Å². The van der Waals surface area contributed by atoms with Crippen LogP contribution in [-0.4, -0.2) is 33.9 Å². The number of hydrogen-bond acceptors (Lipinski definition) is 3. The number of H-pyrrole nitrogens is 1. The van der Waals surface area contributed by atoms with Crippen molar-refractivity contribution in [1.82, 2.24) is 15.3 Å². The fraction of sp³-hybridized carbons (Fsp3) is 0.600. The molecule has 1 saturated heterocycles. The third-order valence-electron chi connectivity index (χ3n) is 2.55. The summed E-state index contributed by atoms with van der Waals surface area (Å²) < 4.78 is 0. The van der Waals surface area contributed by atoms with E-state index in [-0.39, 0.29) is 11.8 Å². The van der Waals surface area contributed by atoms with Crippen molar-refractivity contribution < 1.29 is 4.79 Å². The molecule has 1 unspecified atom stereocenters. The van der Waals surface area contributed by atoms with Gasteiger partial charge in [0, 0.05) is 36.5 Å². The largest absolute Gasteiger partial charge is 0.355 e.